The molecule has 0 saturated carbocycles. The van der Waals surface area contributed by atoms with Crippen LogP contribution in [0.15, 0.2) is 72.8 Å². The molecule has 0 heterocycles. The van der Waals surface area contributed by atoms with Crippen LogP contribution in [-0.4, -0.2) is 10.9 Å². The summed E-state index contributed by atoms with van der Waals surface area (Å²) in [5.41, 5.74) is 2.98. The van der Waals surface area contributed by atoms with E-state index in [1.54, 1.807) is 36.4 Å². The Hall–Kier alpha value is -3.67. The SMILES string of the molecule is Cc1cccc(OCc2ccc(C(=O)OCc3cccc([N+](=O)[O-])c3)cc2)c1. The van der Waals surface area contributed by atoms with Crippen molar-refractivity contribution in [1.29, 1.82) is 0 Å². The summed E-state index contributed by atoms with van der Waals surface area (Å²) < 4.78 is 11.0. The fourth-order valence-corrected chi connectivity index (χ4v) is 2.60. The van der Waals surface area contributed by atoms with Gasteiger partial charge in [0.05, 0.1) is 10.5 Å². The maximum Gasteiger partial charge on any atom is 0.338 e. The minimum atomic E-state index is -0.488. The number of esters is 1. The summed E-state index contributed by atoms with van der Waals surface area (Å²) in [6.45, 7) is 2.37. The number of benzene rings is 3. The van der Waals surface area contributed by atoms with Crippen molar-refractivity contribution in [3.05, 3.63) is 105 Å². The number of non-ortho nitro benzene ring substituents is 1. The van der Waals surface area contributed by atoms with E-state index in [1.165, 1.54) is 12.1 Å². The first kappa shape index (κ1) is 19.1. The molecule has 6 heteroatoms. The molecule has 0 spiro atoms. The van der Waals surface area contributed by atoms with E-state index in [0.29, 0.717) is 17.7 Å². The highest BCUT2D eigenvalue weighted by Crippen LogP contribution is 2.16. The van der Waals surface area contributed by atoms with Gasteiger partial charge in [-0.3, -0.25) is 10.1 Å². The maximum atomic E-state index is 12.2. The number of nitrogens with zero attached hydrogens (tertiary/aromatic N) is 1. The Bertz CT molecular complexity index is 982. The molecule has 0 fully saturated rings. The van der Waals surface area contributed by atoms with Crippen molar-refractivity contribution in [3.63, 3.8) is 0 Å². The highest BCUT2D eigenvalue weighted by Gasteiger charge is 2.10. The van der Waals surface area contributed by atoms with Gasteiger partial charge in [0.25, 0.3) is 5.69 Å². The second kappa shape index (κ2) is 8.81. The van der Waals surface area contributed by atoms with Crippen LogP contribution in [0.2, 0.25) is 0 Å². The zero-order chi connectivity index (χ0) is 19.9. The number of hydrogen-bond donors (Lipinski definition) is 0. The summed E-state index contributed by atoms with van der Waals surface area (Å²) in [5, 5.41) is 10.8. The molecule has 0 aliphatic heterocycles. The lowest BCUT2D eigenvalue weighted by molar-refractivity contribution is -0.384. The summed E-state index contributed by atoms with van der Waals surface area (Å²) >= 11 is 0. The van der Waals surface area contributed by atoms with Crippen LogP contribution < -0.4 is 4.74 Å². The Labute approximate surface area is 162 Å². The third kappa shape index (κ3) is 5.17. The van der Waals surface area contributed by atoms with Gasteiger partial charge in [-0.15, -0.1) is 0 Å². The lowest BCUT2D eigenvalue weighted by Crippen LogP contribution is -2.06. The third-order valence-corrected chi connectivity index (χ3v) is 4.08. The van der Waals surface area contributed by atoms with Crippen LogP contribution in [0.25, 0.3) is 0 Å². The molecule has 0 radical (unpaired) electrons. The Balaban J connectivity index is 1.54. The zero-order valence-corrected chi connectivity index (χ0v) is 15.3. The van der Waals surface area contributed by atoms with Gasteiger partial charge in [0, 0.05) is 12.1 Å². The second-order valence-electron chi connectivity index (χ2n) is 6.31. The molecule has 0 unspecified atom stereocenters. The van der Waals surface area contributed by atoms with Crippen molar-refractivity contribution in [2.75, 3.05) is 0 Å². The first-order valence-electron chi connectivity index (χ1n) is 8.70. The molecule has 0 saturated heterocycles. The summed E-state index contributed by atoms with van der Waals surface area (Å²) in [6.07, 6.45) is 0. The molecule has 28 heavy (non-hydrogen) atoms. The Morgan fingerprint density at radius 2 is 1.68 bits per heavy atom. The van der Waals surface area contributed by atoms with Crippen LogP contribution >= 0.6 is 0 Å². The molecular weight excluding hydrogens is 358 g/mol. The van der Waals surface area contributed by atoms with Crippen LogP contribution in [0.1, 0.15) is 27.0 Å². The van der Waals surface area contributed by atoms with Crippen molar-refractivity contribution in [2.45, 2.75) is 20.1 Å². The predicted molar refractivity (Wildman–Crippen MR) is 104 cm³/mol. The molecule has 0 amide bonds. The smallest absolute Gasteiger partial charge is 0.338 e. The average molecular weight is 377 g/mol. The number of nitro groups is 1. The van der Waals surface area contributed by atoms with Gasteiger partial charge in [0.1, 0.15) is 19.0 Å². The second-order valence-corrected chi connectivity index (χ2v) is 6.31. The minimum Gasteiger partial charge on any atom is -0.489 e. The van der Waals surface area contributed by atoms with E-state index in [9.17, 15) is 14.9 Å². The van der Waals surface area contributed by atoms with Gasteiger partial charge >= 0.3 is 5.97 Å². The van der Waals surface area contributed by atoms with E-state index >= 15 is 0 Å². The number of ether oxygens (including phenoxy) is 2. The molecule has 0 aliphatic rings. The molecule has 142 valence electrons. The molecule has 3 rings (SSSR count). The van der Waals surface area contributed by atoms with Crippen molar-refractivity contribution in [2.24, 2.45) is 0 Å². The zero-order valence-electron chi connectivity index (χ0n) is 15.3. The number of nitro benzene ring substituents is 1. The molecule has 0 bridgehead atoms. The van der Waals surface area contributed by atoms with Crippen molar-refractivity contribution >= 4 is 11.7 Å². The van der Waals surface area contributed by atoms with Gasteiger partial charge in [0.2, 0.25) is 0 Å². The average Bonchev–Trinajstić information content (AvgIpc) is 2.71. The van der Waals surface area contributed by atoms with Gasteiger partial charge in [-0.2, -0.15) is 0 Å². The Morgan fingerprint density at radius 3 is 2.39 bits per heavy atom. The van der Waals surface area contributed by atoms with Crippen LogP contribution in [-0.2, 0) is 18.0 Å². The fourth-order valence-electron chi connectivity index (χ4n) is 2.60. The Kier molecular flexibility index (Phi) is 6.01. The van der Waals surface area contributed by atoms with Crippen LogP contribution in [0.5, 0.6) is 5.75 Å². The monoisotopic (exact) mass is 377 g/mol. The van der Waals surface area contributed by atoms with E-state index in [-0.39, 0.29) is 12.3 Å². The minimum absolute atomic E-state index is 0.0290. The number of carbonyl (C=O) groups excluding carboxylic acids is 1. The van der Waals surface area contributed by atoms with E-state index in [4.69, 9.17) is 9.47 Å². The van der Waals surface area contributed by atoms with Crippen LogP contribution in [0.3, 0.4) is 0 Å². The summed E-state index contributed by atoms with van der Waals surface area (Å²) in [7, 11) is 0. The first-order valence-corrected chi connectivity index (χ1v) is 8.70. The number of aryl methyl sites for hydroxylation is 1. The first-order chi connectivity index (χ1) is 13.5. The van der Waals surface area contributed by atoms with Gasteiger partial charge in [-0.25, -0.2) is 4.79 Å². The van der Waals surface area contributed by atoms with Crippen molar-refractivity contribution in [1.82, 2.24) is 0 Å². The number of rotatable bonds is 7. The largest absolute Gasteiger partial charge is 0.489 e. The molecule has 0 aromatic heterocycles. The van der Waals surface area contributed by atoms with Gasteiger partial charge in [-0.1, -0.05) is 36.4 Å². The summed E-state index contributed by atoms with van der Waals surface area (Å²) in [5.74, 6) is 0.304. The van der Waals surface area contributed by atoms with E-state index < -0.39 is 10.9 Å². The Morgan fingerprint density at radius 1 is 0.929 bits per heavy atom. The molecule has 6 nitrogen and oxygen atoms in total. The molecule has 0 aliphatic carbocycles. The molecule has 0 atom stereocenters. The summed E-state index contributed by atoms with van der Waals surface area (Å²) in [4.78, 5) is 22.5. The number of carbonyl (C=O) groups is 1. The fraction of sp³-hybridized carbons (Fsp3) is 0.136. The quantitative estimate of drug-likeness (QED) is 0.334. The van der Waals surface area contributed by atoms with Crippen LogP contribution in [0, 0.1) is 17.0 Å². The highest BCUT2D eigenvalue weighted by molar-refractivity contribution is 5.89. The van der Waals surface area contributed by atoms with Crippen molar-refractivity contribution in [3.8, 4) is 5.75 Å². The van der Waals surface area contributed by atoms with Gasteiger partial charge in [0.15, 0.2) is 0 Å². The third-order valence-electron chi connectivity index (χ3n) is 4.08. The lowest BCUT2D eigenvalue weighted by Gasteiger charge is -2.08. The normalized spacial score (nSPS) is 10.3. The standard InChI is InChI=1S/C22H19NO5/c1-16-4-2-7-21(12-16)27-14-17-8-10-19(11-9-17)22(24)28-15-18-5-3-6-20(13-18)23(25)26/h2-13H,14-15H2,1H3. The van der Waals surface area contributed by atoms with Gasteiger partial charge in [-0.05, 0) is 47.9 Å². The topological polar surface area (TPSA) is 78.7 Å². The van der Waals surface area contributed by atoms with E-state index in [1.807, 2.05) is 31.2 Å². The molecule has 3 aromatic carbocycles. The number of hydrogen-bond acceptors (Lipinski definition) is 5. The predicted octanol–water partition coefficient (Wildman–Crippen LogP) is 4.84. The molecule has 0 N–H and O–H groups in total. The maximum absolute atomic E-state index is 12.2. The van der Waals surface area contributed by atoms with E-state index in [2.05, 4.69) is 0 Å². The van der Waals surface area contributed by atoms with Gasteiger partial charge < -0.3 is 9.47 Å². The van der Waals surface area contributed by atoms with Crippen molar-refractivity contribution < 1.29 is 19.2 Å². The summed E-state index contributed by atoms with van der Waals surface area (Å²) in [6, 6.07) is 20.8. The molecule has 3 aromatic rings. The highest BCUT2D eigenvalue weighted by atomic mass is 16.6. The molecular formula is C22H19NO5. The van der Waals surface area contributed by atoms with E-state index in [0.717, 1.165) is 16.9 Å². The lowest BCUT2D eigenvalue weighted by atomic mass is 10.1. The van der Waals surface area contributed by atoms with Crippen LogP contribution in [0.4, 0.5) is 5.69 Å².